The molecular weight excluding hydrogens is 264 g/mol. The Bertz CT molecular complexity index is 548. The van der Waals surface area contributed by atoms with Gasteiger partial charge in [0, 0.05) is 6.54 Å². The minimum atomic E-state index is -0.957. The Kier molecular flexibility index (Phi) is 4.08. The number of nitrogens with one attached hydrogen (secondary N) is 1. The van der Waals surface area contributed by atoms with Gasteiger partial charge in [-0.1, -0.05) is 52.0 Å². The van der Waals surface area contributed by atoms with E-state index in [2.05, 4.69) is 19.2 Å². The lowest BCUT2D eigenvalue weighted by atomic mass is 9.90. The third-order valence-electron chi connectivity index (χ3n) is 3.98. The minimum Gasteiger partial charge on any atom is -0.319 e. The van der Waals surface area contributed by atoms with Crippen molar-refractivity contribution < 1.29 is 9.59 Å². The van der Waals surface area contributed by atoms with E-state index >= 15 is 0 Å². The highest BCUT2D eigenvalue weighted by atomic mass is 16.2. The Morgan fingerprint density at radius 1 is 1.10 bits per heavy atom. The van der Waals surface area contributed by atoms with Gasteiger partial charge < -0.3 is 5.32 Å². The largest absolute Gasteiger partial charge is 0.325 e. The maximum absolute atomic E-state index is 12.6. The standard InChI is InChI=1S/C17H24N2O2/c1-11(2)10-19-15(20)17(5,18-16(19)21)14-8-6-13(7-9-14)12(3)4/h6-9,11-12H,10H2,1-5H3,(H,18,21). The first-order valence-corrected chi connectivity index (χ1v) is 7.50. The molecule has 0 spiro atoms. The molecule has 0 radical (unpaired) electrons. The summed E-state index contributed by atoms with van der Waals surface area (Å²) in [6, 6.07) is 7.62. The molecule has 1 heterocycles. The van der Waals surface area contributed by atoms with Gasteiger partial charge in [-0.25, -0.2) is 4.79 Å². The van der Waals surface area contributed by atoms with E-state index in [1.165, 1.54) is 10.5 Å². The molecule has 1 unspecified atom stereocenters. The van der Waals surface area contributed by atoms with Gasteiger partial charge in [0.15, 0.2) is 0 Å². The lowest BCUT2D eigenvalue weighted by molar-refractivity contribution is -0.131. The Morgan fingerprint density at radius 3 is 2.14 bits per heavy atom. The van der Waals surface area contributed by atoms with Crippen LogP contribution in [-0.4, -0.2) is 23.4 Å². The molecule has 0 aromatic heterocycles. The predicted octanol–water partition coefficient (Wildman–Crippen LogP) is 3.23. The van der Waals surface area contributed by atoms with Crippen molar-refractivity contribution in [3.05, 3.63) is 35.4 Å². The molecule has 3 amide bonds. The van der Waals surface area contributed by atoms with E-state index in [1.807, 2.05) is 38.1 Å². The molecule has 0 saturated carbocycles. The molecule has 1 atom stereocenters. The Hall–Kier alpha value is -1.84. The molecule has 0 aliphatic carbocycles. The Labute approximate surface area is 126 Å². The summed E-state index contributed by atoms with van der Waals surface area (Å²) >= 11 is 0. The van der Waals surface area contributed by atoms with Crippen molar-refractivity contribution in [2.75, 3.05) is 6.54 Å². The maximum atomic E-state index is 12.6. The van der Waals surface area contributed by atoms with Crippen molar-refractivity contribution in [2.24, 2.45) is 5.92 Å². The number of benzene rings is 1. The van der Waals surface area contributed by atoms with Crippen LogP contribution in [0.25, 0.3) is 0 Å². The summed E-state index contributed by atoms with van der Waals surface area (Å²) < 4.78 is 0. The zero-order chi connectivity index (χ0) is 15.8. The van der Waals surface area contributed by atoms with Crippen LogP contribution in [0.3, 0.4) is 0 Å². The van der Waals surface area contributed by atoms with E-state index in [9.17, 15) is 9.59 Å². The second-order valence-corrected chi connectivity index (χ2v) is 6.64. The van der Waals surface area contributed by atoms with Crippen molar-refractivity contribution in [2.45, 2.75) is 46.1 Å². The van der Waals surface area contributed by atoms with Gasteiger partial charge in [0.05, 0.1) is 0 Å². The molecule has 4 nitrogen and oxygen atoms in total. The normalized spacial score (nSPS) is 22.3. The average molecular weight is 288 g/mol. The van der Waals surface area contributed by atoms with Crippen LogP contribution >= 0.6 is 0 Å². The number of amides is 3. The van der Waals surface area contributed by atoms with Crippen molar-refractivity contribution in [3.63, 3.8) is 0 Å². The summed E-state index contributed by atoms with van der Waals surface area (Å²) in [5, 5.41) is 2.84. The second kappa shape index (κ2) is 5.51. The number of nitrogens with zero attached hydrogens (tertiary/aromatic N) is 1. The molecule has 1 fully saturated rings. The zero-order valence-corrected chi connectivity index (χ0v) is 13.4. The van der Waals surface area contributed by atoms with Crippen LogP contribution in [0.5, 0.6) is 0 Å². The highest BCUT2D eigenvalue weighted by Gasteiger charge is 2.48. The number of rotatable bonds is 4. The molecule has 1 saturated heterocycles. The van der Waals surface area contributed by atoms with Crippen LogP contribution in [0, 0.1) is 5.92 Å². The van der Waals surface area contributed by atoms with Crippen LogP contribution < -0.4 is 5.32 Å². The number of carbonyl (C=O) groups excluding carboxylic acids is 2. The van der Waals surface area contributed by atoms with Crippen LogP contribution in [0.1, 0.15) is 51.7 Å². The topological polar surface area (TPSA) is 49.4 Å². The van der Waals surface area contributed by atoms with Crippen LogP contribution in [0.15, 0.2) is 24.3 Å². The highest BCUT2D eigenvalue weighted by Crippen LogP contribution is 2.30. The lowest BCUT2D eigenvalue weighted by Gasteiger charge is -2.23. The van der Waals surface area contributed by atoms with Gasteiger partial charge in [-0.05, 0) is 29.9 Å². The van der Waals surface area contributed by atoms with Gasteiger partial charge in [0.25, 0.3) is 5.91 Å². The van der Waals surface area contributed by atoms with Crippen molar-refractivity contribution >= 4 is 11.9 Å². The fraction of sp³-hybridized carbons (Fsp3) is 0.529. The number of carbonyl (C=O) groups is 2. The number of urea groups is 1. The summed E-state index contributed by atoms with van der Waals surface area (Å²) in [6.45, 7) is 10.5. The van der Waals surface area contributed by atoms with Gasteiger partial charge >= 0.3 is 6.03 Å². The van der Waals surface area contributed by atoms with Crippen LogP contribution in [0.4, 0.5) is 4.79 Å². The maximum Gasteiger partial charge on any atom is 0.325 e. The zero-order valence-electron chi connectivity index (χ0n) is 13.4. The van der Waals surface area contributed by atoms with Crippen LogP contribution in [-0.2, 0) is 10.3 Å². The van der Waals surface area contributed by atoms with Crippen molar-refractivity contribution in [1.29, 1.82) is 0 Å². The third kappa shape index (κ3) is 2.80. The first-order chi connectivity index (χ1) is 9.75. The quantitative estimate of drug-likeness (QED) is 0.865. The van der Waals surface area contributed by atoms with Gasteiger partial charge in [0.1, 0.15) is 5.54 Å². The summed E-state index contributed by atoms with van der Waals surface area (Å²) in [5.41, 5.74) is 1.09. The van der Waals surface area contributed by atoms with E-state index in [0.717, 1.165) is 5.56 Å². The smallest absolute Gasteiger partial charge is 0.319 e. The summed E-state index contributed by atoms with van der Waals surface area (Å²) in [5.74, 6) is 0.530. The SMILES string of the molecule is CC(C)CN1C(=O)NC(C)(c2ccc(C(C)C)cc2)C1=O. The first-order valence-electron chi connectivity index (χ1n) is 7.50. The second-order valence-electron chi connectivity index (χ2n) is 6.64. The molecule has 4 heteroatoms. The molecule has 1 aromatic carbocycles. The molecule has 1 aromatic rings. The molecule has 0 bridgehead atoms. The molecule has 21 heavy (non-hydrogen) atoms. The molecule has 1 aliphatic heterocycles. The number of hydrogen-bond donors (Lipinski definition) is 1. The van der Waals surface area contributed by atoms with Gasteiger partial charge in [-0.15, -0.1) is 0 Å². The molecule has 1 aliphatic rings. The van der Waals surface area contributed by atoms with E-state index in [4.69, 9.17) is 0 Å². The van der Waals surface area contributed by atoms with Gasteiger partial charge in [0.2, 0.25) is 0 Å². The Morgan fingerprint density at radius 2 is 1.67 bits per heavy atom. The van der Waals surface area contributed by atoms with Gasteiger partial charge in [-0.2, -0.15) is 0 Å². The fourth-order valence-electron chi connectivity index (χ4n) is 2.62. The number of imide groups is 1. The van der Waals surface area contributed by atoms with Crippen molar-refractivity contribution in [3.8, 4) is 0 Å². The first kappa shape index (κ1) is 15.5. The summed E-state index contributed by atoms with van der Waals surface area (Å²) in [7, 11) is 0. The van der Waals surface area contributed by atoms with Crippen molar-refractivity contribution in [1.82, 2.24) is 10.2 Å². The van der Waals surface area contributed by atoms with E-state index in [-0.39, 0.29) is 17.9 Å². The third-order valence-corrected chi connectivity index (χ3v) is 3.98. The Balaban J connectivity index is 2.30. The lowest BCUT2D eigenvalue weighted by Crippen LogP contribution is -2.41. The monoisotopic (exact) mass is 288 g/mol. The van der Waals surface area contributed by atoms with Gasteiger partial charge in [-0.3, -0.25) is 9.69 Å². The fourth-order valence-corrected chi connectivity index (χ4v) is 2.62. The minimum absolute atomic E-state index is 0.168. The molecule has 2 rings (SSSR count). The molecule has 114 valence electrons. The average Bonchev–Trinajstić information content (AvgIpc) is 2.63. The summed E-state index contributed by atoms with van der Waals surface area (Å²) in [6.07, 6.45) is 0. The summed E-state index contributed by atoms with van der Waals surface area (Å²) in [4.78, 5) is 26.0. The molecular formula is C17H24N2O2. The highest BCUT2D eigenvalue weighted by molar-refractivity contribution is 6.07. The van der Waals surface area contributed by atoms with Crippen LogP contribution in [0.2, 0.25) is 0 Å². The predicted molar refractivity (Wildman–Crippen MR) is 83.0 cm³/mol. The van der Waals surface area contributed by atoms with E-state index in [1.54, 1.807) is 6.92 Å². The molecule has 1 N–H and O–H groups in total. The number of hydrogen-bond acceptors (Lipinski definition) is 2. The van der Waals surface area contributed by atoms with E-state index in [0.29, 0.717) is 12.5 Å². The van der Waals surface area contributed by atoms with E-state index < -0.39 is 5.54 Å².